The minimum absolute atomic E-state index is 0.0272. The number of aromatic amines is 1. The number of hydrogen-bond acceptors (Lipinski definition) is 3. The third-order valence-electron chi connectivity index (χ3n) is 3.76. The highest BCUT2D eigenvalue weighted by atomic mass is 16.1. The lowest BCUT2D eigenvalue weighted by Gasteiger charge is -2.03. The molecule has 0 aliphatic rings. The van der Waals surface area contributed by atoms with Crippen LogP contribution in [0.5, 0.6) is 0 Å². The molecule has 23 heavy (non-hydrogen) atoms. The molecule has 0 unspecified atom stereocenters. The highest BCUT2D eigenvalue weighted by Crippen LogP contribution is 2.19. The normalized spacial score (nSPS) is 11.3. The lowest BCUT2D eigenvalue weighted by atomic mass is 10.1. The molecule has 0 bridgehead atoms. The van der Waals surface area contributed by atoms with Gasteiger partial charge >= 0.3 is 0 Å². The molecule has 6 heteroatoms. The third-order valence-corrected chi connectivity index (χ3v) is 3.76. The molecule has 0 fully saturated rings. The molecule has 6 nitrogen and oxygen atoms in total. The number of nitrogens with zero attached hydrogens (tertiary/aromatic N) is 3. The lowest BCUT2D eigenvalue weighted by Crippen LogP contribution is -2.12. The number of H-pyrrole nitrogens is 1. The van der Waals surface area contributed by atoms with Crippen LogP contribution >= 0.6 is 0 Å². The van der Waals surface area contributed by atoms with Crippen LogP contribution in [0.3, 0.4) is 0 Å². The van der Waals surface area contributed by atoms with Crippen molar-refractivity contribution in [3.8, 4) is 0 Å². The molecule has 0 aliphatic heterocycles. The van der Waals surface area contributed by atoms with Gasteiger partial charge in [0.25, 0.3) is 0 Å². The molecule has 2 aromatic heterocycles. The third kappa shape index (κ3) is 3.59. The van der Waals surface area contributed by atoms with E-state index in [1.807, 2.05) is 32.2 Å². The molecular weight excluding hydrogens is 290 g/mol. The second-order valence-corrected chi connectivity index (χ2v) is 5.91. The molecule has 0 saturated heterocycles. The average Bonchev–Trinajstić information content (AvgIpc) is 3.15. The summed E-state index contributed by atoms with van der Waals surface area (Å²) in [5, 5.41) is 12.4. The molecule has 1 aromatic carbocycles. The summed E-state index contributed by atoms with van der Waals surface area (Å²) >= 11 is 0. The smallest absolute Gasteiger partial charge is 0.225 e. The van der Waals surface area contributed by atoms with Gasteiger partial charge in [-0.15, -0.1) is 5.10 Å². The molecular formula is C17H21N5O. The molecule has 0 spiro atoms. The number of hydrogen-bond donors (Lipinski definition) is 2. The standard InChI is InChI=1S/C17H21N5O/c1-12(2)22-19-11-16(21-22)20-17(23)9-5-6-13-10-18-15-8-4-3-7-14(13)15/h3-4,7-8,10-12,18H,5-6,9H2,1-2H3,(H,20,21,23). The number of rotatable bonds is 6. The second kappa shape index (κ2) is 6.64. The lowest BCUT2D eigenvalue weighted by molar-refractivity contribution is -0.116. The van der Waals surface area contributed by atoms with E-state index in [0.717, 1.165) is 18.4 Å². The molecule has 2 heterocycles. The number of amides is 1. The Morgan fingerprint density at radius 2 is 2.17 bits per heavy atom. The van der Waals surface area contributed by atoms with Crippen molar-refractivity contribution in [1.82, 2.24) is 20.0 Å². The van der Waals surface area contributed by atoms with E-state index in [4.69, 9.17) is 0 Å². The number of carbonyl (C=O) groups excluding carboxylic acids is 1. The summed E-state index contributed by atoms with van der Waals surface area (Å²) in [6, 6.07) is 8.39. The van der Waals surface area contributed by atoms with Gasteiger partial charge in [0.1, 0.15) is 0 Å². The van der Waals surface area contributed by atoms with Gasteiger partial charge in [-0.25, -0.2) is 0 Å². The van der Waals surface area contributed by atoms with Crippen molar-refractivity contribution in [2.75, 3.05) is 5.32 Å². The Bertz CT molecular complexity index is 802. The van der Waals surface area contributed by atoms with Gasteiger partial charge in [-0.3, -0.25) is 4.79 Å². The summed E-state index contributed by atoms with van der Waals surface area (Å²) in [6.45, 7) is 3.99. The first kappa shape index (κ1) is 15.3. The molecule has 3 rings (SSSR count). The van der Waals surface area contributed by atoms with Crippen LogP contribution in [0, 0.1) is 0 Å². The second-order valence-electron chi connectivity index (χ2n) is 5.91. The van der Waals surface area contributed by atoms with E-state index in [2.05, 4.69) is 32.6 Å². The van der Waals surface area contributed by atoms with Crippen LogP contribution in [0.2, 0.25) is 0 Å². The number of para-hydroxylation sites is 1. The zero-order chi connectivity index (χ0) is 16.2. The summed E-state index contributed by atoms with van der Waals surface area (Å²) < 4.78 is 0. The van der Waals surface area contributed by atoms with Crippen molar-refractivity contribution in [1.29, 1.82) is 0 Å². The number of fused-ring (bicyclic) bond motifs is 1. The van der Waals surface area contributed by atoms with Crippen molar-refractivity contribution in [3.05, 3.63) is 42.2 Å². The van der Waals surface area contributed by atoms with E-state index >= 15 is 0 Å². The molecule has 0 aliphatic carbocycles. The minimum Gasteiger partial charge on any atom is -0.361 e. The maximum atomic E-state index is 12.0. The van der Waals surface area contributed by atoms with Gasteiger partial charge in [-0.05, 0) is 38.3 Å². The quantitative estimate of drug-likeness (QED) is 0.733. The zero-order valence-corrected chi connectivity index (χ0v) is 13.4. The maximum Gasteiger partial charge on any atom is 0.225 e. The fourth-order valence-electron chi connectivity index (χ4n) is 2.57. The summed E-state index contributed by atoms with van der Waals surface area (Å²) in [5.74, 6) is 0.483. The number of anilines is 1. The Labute approximate surface area is 134 Å². The molecule has 120 valence electrons. The highest BCUT2D eigenvalue weighted by Gasteiger charge is 2.08. The SMILES string of the molecule is CC(C)n1ncc(NC(=O)CCCc2c[nH]c3ccccc23)n1. The van der Waals surface area contributed by atoms with Crippen LogP contribution < -0.4 is 5.32 Å². The molecule has 0 radical (unpaired) electrons. The number of benzene rings is 1. The summed E-state index contributed by atoms with van der Waals surface area (Å²) in [5.41, 5.74) is 2.39. The molecule has 0 saturated carbocycles. The summed E-state index contributed by atoms with van der Waals surface area (Å²) in [7, 11) is 0. The first-order valence-electron chi connectivity index (χ1n) is 7.90. The van der Waals surface area contributed by atoms with Gasteiger partial charge in [0, 0.05) is 23.5 Å². The average molecular weight is 311 g/mol. The Balaban J connectivity index is 1.51. The van der Waals surface area contributed by atoms with Crippen LogP contribution in [-0.4, -0.2) is 25.9 Å². The zero-order valence-electron chi connectivity index (χ0n) is 13.4. The van der Waals surface area contributed by atoms with Crippen LogP contribution in [0.25, 0.3) is 10.9 Å². The van der Waals surface area contributed by atoms with E-state index in [0.29, 0.717) is 12.2 Å². The van der Waals surface area contributed by atoms with Crippen LogP contribution in [-0.2, 0) is 11.2 Å². The van der Waals surface area contributed by atoms with E-state index in [1.54, 1.807) is 11.0 Å². The van der Waals surface area contributed by atoms with Crippen molar-refractivity contribution in [3.63, 3.8) is 0 Å². The van der Waals surface area contributed by atoms with Gasteiger partial charge in [0.2, 0.25) is 5.91 Å². The van der Waals surface area contributed by atoms with Gasteiger partial charge in [-0.1, -0.05) is 18.2 Å². The fourth-order valence-corrected chi connectivity index (χ4v) is 2.57. The fraction of sp³-hybridized carbons (Fsp3) is 0.353. The van der Waals surface area contributed by atoms with Crippen molar-refractivity contribution >= 4 is 22.6 Å². The van der Waals surface area contributed by atoms with Crippen molar-refractivity contribution < 1.29 is 4.79 Å². The first-order valence-corrected chi connectivity index (χ1v) is 7.90. The largest absolute Gasteiger partial charge is 0.361 e. The first-order chi connectivity index (χ1) is 11.1. The maximum absolute atomic E-state index is 12.0. The minimum atomic E-state index is -0.0272. The number of carbonyl (C=O) groups is 1. The van der Waals surface area contributed by atoms with E-state index in [1.165, 1.54) is 10.9 Å². The van der Waals surface area contributed by atoms with Gasteiger partial charge in [0.15, 0.2) is 5.82 Å². The van der Waals surface area contributed by atoms with Gasteiger partial charge in [0.05, 0.1) is 12.2 Å². The number of nitrogens with one attached hydrogen (secondary N) is 2. The Morgan fingerprint density at radius 1 is 1.35 bits per heavy atom. The Morgan fingerprint density at radius 3 is 2.96 bits per heavy atom. The van der Waals surface area contributed by atoms with Crippen LogP contribution in [0.4, 0.5) is 5.82 Å². The molecule has 3 aromatic rings. The van der Waals surface area contributed by atoms with Crippen LogP contribution in [0.15, 0.2) is 36.7 Å². The van der Waals surface area contributed by atoms with Gasteiger partial charge in [-0.2, -0.15) is 9.90 Å². The summed E-state index contributed by atoms with van der Waals surface area (Å²) in [4.78, 5) is 16.8. The Kier molecular flexibility index (Phi) is 4.41. The topological polar surface area (TPSA) is 75.6 Å². The predicted molar refractivity (Wildman–Crippen MR) is 90.3 cm³/mol. The van der Waals surface area contributed by atoms with Crippen molar-refractivity contribution in [2.45, 2.75) is 39.2 Å². The molecule has 0 atom stereocenters. The Hall–Kier alpha value is -2.63. The van der Waals surface area contributed by atoms with E-state index < -0.39 is 0 Å². The number of aryl methyl sites for hydroxylation is 1. The predicted octanol–water partition coefficient (Wildman–Crippen LogP) is 3.30. The monoisotopic (exact) mass is 311 g/mol. The molecule has 1 amide bonds. The molecule has 2 N–H and O–H groups in total. The van der Waals surface area contributed by atoms with E-state index in [-0.39, 0.29) is 11.9 Å². The van der Waals surface area contributed by atoms with Crippen LogP contribution in [0.1, 0.15) is 38.3 Å². The van der Waals surface area contributed by atoms with E-state index in [9.17, 15) is 4.79 Å². The summed E-state index contributed by atoms with van der Waals surface area (Å²) in [6.07, 6.45) is 5.74. The highest BCUT2D eigenvalue weighted by molar-refractivity contribution is 5.89. The van der Waals surface area contributed by atoms with Gasteiger partial charge < -0.3 is 10.3 Å². The van der Waals surface area contributed by atoms with Crippen molar-refractivity contribution in [2.24, 2.45) is 0 Å². The number of aromatic nitrogens is 4.